The van der Waals surface area contributed by atoms with Crippen LogP contribution in [0.1, 0.15) is 73.6 Å². The standard InChI is InChI=1S/C27H39N3O/c1-20-18-25-23-9-2-3-10-24(23)27(28-22-11-16-31-17-12-22)29-26(25)19-21(20)8-4-5-13-30-14-6-7-15-30/h18-19,22H,2-17H2,1H3,(H,28,29). The van der Waals surface area contributed by atoms with Crippen molar-refractivity contribution in [3.05, 3.63) is 34.4 Å². The average molecular weight is 422 g/mol. The van der Waals surface area contributed by atoms with E-state index in [9.17, 15) is 0 Å². The lowest BCUT2D eigenvalue weighted by atomic mass is 9.87. The molecule has 0 atom stereocenters. The second-order valence-electron chi connectivity index (χ2n) is 9.96. The number of hydrogen-bond donors (Lipinski definition) is 1. The van der Waals surface area contributed by atoms with Gasteiger partial charge in [-0.3, -0.25) is 0 Å². The zero-order valence-corrected chi connectivity index (χ0v) is 19.3. The Kier molecular flexibility index (Phi) is 6.75. The molecule has 0 radical (unpaired) electrons. The molecule has 2 aromatic rings. The maximum Gasteiger partial charge on any atom is 0.130 e. The normalized spacial score (nSPS) is 20.3. The number of nitrogens with zero attached hydrogens (tertiary/aromatic N) is 2. The maximum absolute atomic E-state index is 5.56. The Labute approximate surface area is 187 Å². The minimum absolute atomic E-state index is 0.500. The zero-order valence-electron chi connectivity index (χ0n) is 19.3. The predicted molar refractivity (Wildman–Crippen MR) is 129 cm³/mol. The summed E-state index contributed by atoms with van der Waals surface area (Å²) >= 11 is 0. The van der Waals surface area contributed by atoms with Crippen LogP contribution in [0.25, 0.3) is 10.9 Å². The molecule has 4 nitrogen and oxygen atoms in total. The third kappa shape index (κ3) is 4.90. The number of ether oxygens (including phenoxy) is 1. The van der Waals surface area contributed by atoms with Crippen molar-refractivity contribution in [3.63, 3.8) is 0 Å². The van der Waals surface area contributed by atoms with Gasteiger partial charge in [-0.15, -0.1) is 0 Å². The summed E-state index contributed by atoms with van der Waals surface area (Å²) in [5, 5.41) is 5.23. The highest BCUT2D eigenvalue weighted by molar-refractivity contribution is 5.87. The molecule has 0 unspecified atom stereocenters. The first-order valence-electron chi connectivity index (χ1n) is 12.8. The van der Waals surface area contributed by atoms with Gasteiger partial charge in [-0.2, -0.15) is 0 Å². The fraction of sp³-hybridized carbons (Fsp3) is 0.667. The zero-order chi connectivity index (χ0) is 21.0. The summed E-state index contributed by atoms with van der Waals surface area (Å²) in [6.45, 7) is 7.94. The molecule has 31 heavy (non-hydrogen) atoms. The smallest absolute Gasteiger partial charge is 0.130 e. The van der Waals surface area contributed by atoms with E-state index < -0.39 is 0 Å². The van der Waals surface area contributed by atoms with Crippen molar-refractivity contribution in [3.8, 4) is 0 Å². The summed E-state index contributed by atoms with van der Waals surface area (Å²) in [6.07, 6.45) is 13.7. The number of nitrogens with one attached hydrogen (secondary N) is 1. The van der Waals surface area contributed by atoms with Gasteiger partial charge >= 0.3 is 0 Å². The highest BCUT2D eigenvalue weighted by atomic mass is 16.5. The molecular weight excluding hydrogens is 382 g/mol. The summed E-state index contributed by atoms with van der Waals surface area (Å²) in [5.41, 5.74) is 7.20. The van der Waals surface area contributed by atoms with E-state index in [0.717, 1.165) is 31.9 Å². The number of hydrogen-bond acceptors (Lipinski definition) is 4. The van der Waals surface area contributed by atoms with Crippen molar-refractivity contribution >= 4 is 16.7 Å². The fourth-order valence-electron chi connectivity index (χ4n) is 5.81. The number of aryl methyl sites for hydroxylation is 3. The van der Waals surface area contributed by atoms with Gasteiger partial charge < -0.3 is 15.0 Å². The Morgan fingerprint density at radius 3 is 2.58 bits per heavy atom. The molecule has 0 amide bonds. The Morgan fingerprint density at radius 1 is 1.00 bits per heavy atom. The van der Waals surface area contributed by atoms with E-state index in [-0.39, 0.29) is 0 Å². The van der Waals surface area contributed by atoms with E-state index in [1.165, 1.54) is 105 Å². The number of likely N-dealkylation sites (tertiary alicyclic amines) is 1. The Morgan fingerprint density at radius 2 is 1.77 bits per heavy atom. The average Bonchev–Trinajstić information content (AvgIpc) is 3.32. The molecule has 2 saturated heterocycles. The molecule has 0 spiro atoms. The highest BCUT2D eigenvalue weighted by Gasteiger charge is 2.22. The van der Waals surface area contributed by atoms with Gasteiger partial charge in [0.05, 0.1) is 5.52 Å². The van der Waals surface area contributed by atoms with Crippen LogP contribution in [0.15, 0.2) is 12.1 Å². The van der Waals surface area contributed by atoms with Crippen molar-refractivity contribution in [2.45, 2.75) is 83.6 Å². The van der Waals surface area contributed by atoms with Crippen LogP contribution in [0.3, 0.4) is 0 Å². The minimum atomic E-state index is 0.500. The molecule has 1 aromatic heterocycles. The van der Waals surface area contributed by atoms with E-state index in [4.69, 9.17) is 9.72 Å². The van der Waals surface area contributed by atoms with Gasteiger partial charge in [0.2, 0.25) is 0 Å². The molecule has 3 heterocycles. The molecule has 1 aliphatic carbocycles. The first-order valence-corrected chi connectivity index (χ1v) is 12.8. The van der Waals surface area contributed by atoms with Gasteiger partial charge in [0.15, 0.2) is 0 Å². The van der Waals surface area contributed by atoms with Crippen LogP contribution in [-0.2, 0) is 24.0 Å². The third-order valence-electron chi connectivity index (χ3n) is 7.70. The number of pyridine rings is 1. The molecule has 168 valence electrons. The molecule has 4 heteroatoms. The molecule has 0 saturated carbocycles. The Hall–Kier alpha value is -1.65. The monoisotopic (exact) mass is 421 g/mol. The molecule has 1 N–H and O–H groups in total. The molecule has 2 fully saturated rings. The van der Waals surface area contributed by atoms with E-state index in [2.05, 4.69) is 29.3 Å². The molecular formula is C27H39N3O. The molecule has 1 aromatic carbocycles. The van der Waals surface area contributed by atoms with Gasteiger partial charge in [0, 0.05) is 24.6 Å². The number of anilines is 1. The number of aromatic nitrogens is 1. The van der Waals surface area contributed by atoms with Crippen LogP contribution in [0.2, 0.25) is 0 Å². The highest BCUT2D eigenvalue weighted by Crippen LogP contribution is 2.35. The van der Waals surface area contributed by atoms with Crippen LogP contribution >= 0.6 is 0 Å². The molecule has 3 aliphatic rings. The quantitative estimate of drug-likeness (QED) is 0.605. The van der Waals surface area contributed by atoms with Crippen molar-refractivity contribution in [1.82, 2.24) is 9.88 Å². The molecule has 2 aliphatic heterocycles. The van der Waals surface area contributed by atoms with Crippen molar-refractivity contribution < 1.29 is 4.74 Å². The van der Waals surface area contributed by atoms with Crippen molar-refractivity contribution in [2.24, 2.45) is 0 Å². The maximum atomic E-state index is 5.56. The summed E-state index contributed by atoms with van der Waals surface area (Å²) in [5.74, 6) is 1.16. The fourth-order valence-corrected chi connectivity index (χ4v) is 5.81. The summed E-state index contributed by atoms with van der Waals surface area (Å²) in [7, 11) is 0. The van der Waals surface area contributed by atoms with Crippen LogP contribution in [-0.4, -0.2) is 48.8 Å². The van der Waals surface area contributed by atoms with Crippen molar-refractivity contribution in [1.29, 1.82) is 0 Å². The van der Waals surface area contributed by atoms with Gasteiger partial charge in [-0.25, -0.2) is 4.98 Å². The lowest BCUT2D eigenvalue weighted by Crippen LogP contribution is -2.29. The Balaban J connectivity index is 1.36. The number of rotatable bonds is 7. The van der Waals surface area contributed by atoms with Crippen LogP contribution in [0, 0.1) is 6.92 Å². The third-order valence-corrected chi connectivity index (χ3v) is 7.70. The van der Waals surface area contributed by atoms with Crippen LogP contribution < -0.4 is 5.32 Å². The molecule has 5 rings (SSSR count). The topological polar surface area (TPSA) is 37.4 Å². The number of fused-ring (bicyclic) bond motifs is 3. The summed E-state index contributed by atoms with van der Waals surface area (Å²) < 4.78 is 5.56. The lowest BCUT2D eigenvalue weighted by Gasteiger charge is -2.28. The van der Waals surface area contributed by atoms with Gasteiger partial charge in [-0.05, 0) is 132 Å². The second-order valence-corrected chi connectivity index (χ2v) is 9.96. The summed E-state index contributed by atoms with van der Waals surface area (Å²) in [4.78, 5) is 7.85. The lowest BCUT2D eigenvalue weighted by molar-refractivity contribution is 0.0903. The van der Waals surface area contributed by atoms with Crippen LogP contribution in [0.5, 0.6) is 0 Å². The minimum Gasteiger partial charge on any atom is -0.381 e. The van der Waals surface area contributed by atoms with Gasteiger partial charge in [-0.1, -0.05) is 0 Å². The van der Waals surface area contributed by atoms with Gasteiger partial charge in [0.25, 0.3) is 0 Å². The second kappa shape index (κ2) is 9.87. The van der Waals surface area contributed by atoms with Crippen molar-refractivity contribution in [2.75, 3.05) is 38.2 Å². The number of benzene rings is 1. The van der Waals surface area contributed by atoms with E-state index in [1.54, 1.807) is 5.56 Å². The predicted octanol–water partition coefficient (Wildman–Crippen LogP) is 5.43. The Bertz CT molecular complexity index is 897. The number of unbranched alkanes of at least 4 members (excludes halogenated alkanes) is 1. The van der Waals surface area contributed by atoms with E-state index >= 15 is 0 Å². The van der Waals surface area contributed by atoms with Crippen LogP contribution in [0.4, 0.5) is 5.82 Å². The van der Waals surface area contributed by atoms with E-state index in [0.29, 0.717) is 6.04 Å². The molecule has 0 bridgehead atoms. The van der Waals surface area contributed by atoms with Gasteiger partial charge in [0.1, 0.15) is 5.82 Å². The van der Waals surface area contributed by atoms with E-state index in [1.807, 2.05) is 0 Å². The SMILES string of the molecule is Cc1cc2c3c(c(NC4CCOCC4)nc2cc1CCCCN1CCCC1)CCCC3. The largest absolute Gasteiger partial charge is 0.381 e. The first-order chi connectivity index (χ1) is 15.3. The summed E-state index contributed by atoms with van der Waals surface area (Å²) in [6, 6.07) is 5.35. The first kappa shape index (κ1) is 21.2.